The molecule has 4 unspecified atom stereocenters. The van der Waals surface area contributed by atoms with Crippen molar-refractivity contribution in [1.82, 2.24) is 21.3 Å². The van der Waals surface area contributed by atoms with Crippen molar-refractivity contribution in [2.45, 2.75) is 514 Å². The second-order valence-corrected chi connectivity index (χ2v) is 37.6. The summed E-state index contributed by atoms with van der Waals surface area (Å²) in [5.41, 5.74) is 0. The number of aliphatic carboxylic acids is 2. The Hall–Kier alpha value is -2.97. The second-order valence-electron chi connectivity index (χ2n) is 37.6. The van der Waals surface area contributed by atoms with Gasteiger partial charge in [0.1, 0.15) is 128 Å². The third kappa shape index (κ3) is 44.3. The Morgan fingerprint density at radius 1 is 0.423 bits per heavy atom. The number of hydrogen-bond donors (Lipinski definition) is 19. The number of unbranched alkanes of at least 4 members (excludes halogenated alkanes) is 39. The summed E-state index contributed by atoms with van der Waals surface area (Å²) < 4.78 is 66.8. The SMILES string of the molecule is CCCCCCCCCCCCC/C=C/C(OC(=O)CCCCCCCCCCCCCCCCC)C(CO[C@@H]1O[C@H](CO)[C@@H](O[C@@H]2O[C@H](CO)[C@H](O[C@@H]3O[C@H](CO)[C@H](O)[C@H](O)[C@H]3NC(C)=O)[C@H](O[C@@]3(C(=O)[O-])C[C@@H](O)[C@H](NC(C)=O)C([C@@H](O)[C@@H](CO)O[C@@]4(C(=O)[O-])C[C@@H](O)[C@H](NC(C)=O)C([C@@H](O)[C@H](O)CO)O4)O3)[C@H]2O)[C@H](O)[C@H]1O)NC(=O)CCCCCCCCCCCCCCCCC.[Na+].[Na+]. The van der Waals surface area contributed by atoms with Crippen molar-refractivity contribution in [3.8, 4) is 0 Å². The van der Waals surface area contributed by atoms with Crippen molar-refractivity contribution in [3.05, 3.63) is 12.2 Å². The zero-order valence-electron chi connectivity index (χ0n) is 82.9. The van der Waals surface area contributed by atoms with E-state index in [9.17, 15) is 120 Å². The third-order valence-corrected chi connectivity index (χ3v) is 26.2. The average Bonchev–Trinajstić information content (AvgIpc) is 0.742. The molecule has 29 atom stereocenters. The van der Waals surface area contributed by atoms with Gasteiger partial charge in [0.25, 0.3) is 0 Å². The van der Waals surface area contributed by atoms with Crippen LogP contribution < -0.4 is 90.6 Å². The molecule has 0 spiro atoms. The third-order valence-electron chi connectivity index (χ3n) is 26.2. The average molecular weight is 1990 g/mol. The van der Waals surface area contributed by atoms with Gasteiger partial charge in [0.2, 0.25) is 35.2 Å². The summed E-state index contributed by atoms with van der Waals surface area (Å²) in [5.74, 6) is -16.0. The van der Waals surface area contributed by atoms with E-state index >= 15 is 0 Å². The Labute approximate surface area is 854 Å². The number of carbonyl (C=O) groups excluding carboxylic acids is 7. The Morgan fingerprint density at radius 3 is 1.24 bits per heavy atom. The summed E-state index contributed by atoms with van der Waals surface area (Å²) in [6.07, 6.45) is -3.77. The maximum Gasteiger partial charge on any atom is 1.00 e. The zero-order valence-corrected chi connectivity index (χ0v) is 86.9. The summed E-state index contributed by atoms with van der Waals surface area (Å²) >= 11 is 0. The van der Waals surface area contributed by atoms with Crippen LogP contribution in [0.15, 0.2) is 12.2 Å². The summed E-state index contributed by atoms with van der Waals surface area (Å²) in [5, 5.41) is 209. The molecule has 0 radical (unpaired) electrons. The number of allylic oxidation sites excluding steroid dienone is 1. The minimum absolute atomic E-state index is 0. The molecule has 137 heavy (non-hydrogen) atoms. The number of esters is 1. The van der Waals surface area contributed by atoms with Crippen LogP contribution >= 0.6 is 0 Å². The predicted molar refractivity (Wildman–Crippen MR) is 485 cm³/mol. The minimum Gasteiger partial charge on any atom is -0.544 e. The predicted octanol–water partition coefficient (Wildman–Crippen LogP) is -3.54. The van der Waals surface area contributed by atoms with Crippen LogP contribution in [-0.4, -0.2) is 334 Å². The molecule has 4 amide bonds. The van der Waals surface area contributed by atoms with Crippen LogP contribution in [0.2, 0.25) is 0 Å². The number of carboxylic acid groups (broad SMARTS) is 2. The van der Waals surface area contributed by atoms with E-state index in [0.717, 1.165) is 117 Å². The normalized spacial score (nSPS) is 29.8. The van der Waals surface area contributed by atoms with Crippen LogP contribution in [-0.2, 0) is 85.7 Å². The summed E-state index contributed by atoms with van der Waals surface area (Å²) in [7, 11) is 0. The molecule has 786 valence electrons. The number of aliphatic hydroxyl groups is 15. The molecule has 0 aliphatic carbocycles. The molecule has 0 aromatic heterocycles. The second kappa shape index (κ2) is 71.5. The topological polar surface area (TPSA) is 619 Å². The van der Waals surface area contributed by atoms with E-state index in [1.807, 2.05) is 6.08 Å². The molecule has 0 saturated carbocycles. The van der Waals surface area contributed by atoms with E-state index in [4.69, 9.17) is 52.1 Å². The molecule has 19 N–H and O–H groups in total. The number of nitrogens with one attached hydrogen (secondary N) is 4. The minimum atomic E-state index is -3.73. The fraction of sp³-hybridized carbons (Fsp3) is 0.906. The maximum absolute atomic E-state index is 14.3. The van der Waals surface area contributed by atoms with Gasteiger partial charge in [0.05, 0.1) is 70.0 Å². The van der Waals surface area contributed by atoms with Crippen LogP contribution in [0, 0.1) is 0 Å². The Balaban J connectivity index is 0.0000242. The standard InChI is InChI=1S/C96H172N4O35.2Na/c1-7-10-13-16-19-22-25-28-30-33-36-39-42-45-48-51-73(112)100-64(68(50-47-44-41-38-35-32-27-24-21-18-15-12-9-3)126-74(113)52-49-46-43-40-37-34-31-29-26-23-20-17-14-11-8-2)60-125-91-83(119)82(118)85(71(58-104)128-91)130-92-84(120)89(86(72(59-105)129-92)131-90-77(99-63(6)108)81(117)79(115)69(56-102)127-90)135-96(94(123)124)54-66(110)76(98-62(5)107)88(134-96)80(116)70(57-103)132-95(93(121)122)53-65(109)75(97-61(4)106)87(133-95)78(114)67(111)55-101;;/h47,50,64-72,75-92,101-105,109-111,114-120H,7-46,48-49,51-60H2,1-6H3,(H,97,106)(H,98,107)(H,99,108)(H,100,112)(H,121,122)(H,123,124);;/q;2*+1/p-2/b50-47+;;/t64?,65-,66-,67-,68?,69-,70-,71-,72-,75+,76+,77-,78+,79+,80+,81-,82-,83-,84-,85-,86+,87?,88?,89-,90+,91-,92+,95+,96-;;/m1../s1. The largest absolute Gasteiger partial charge is 1.00 e. The van der Waals surface area contributed by atoms with Crippen LogP contribution in [0.1, 0.15) is 337 Å². The first kappa shape index (κ1) is 128. The quantitative estimate of drug-likeness (QED) is 0.0121. The van der Waals surface area contributed by atoms with Crippen LogP contribution in [0.5, 0.6) is 0 Å². The molecule has 5 heterocycles. The first-order chi connectivity index (χ1) is 64.8. The molecule has 0 aromatic carbocycles. The van der Waals surface area contributed by atoms with E-state index in [1.54, 1.807) is 6.08 Å². The fourth-order valence-corrected chi connectivity index (χ4v) is 18.4. The van der Waals surface area contributed by atoms with Crippen LogP contribution in [0.4, 0.5) is 0 Å². The van der Waals surface area contributed by atoms with Crippen molar-refractivity contribution in [2.75, 3.05) is 39.6 Å². The van der Waals surface area contributed by atoms with Crippen LogP contribution in [0.3, 0.4) is 0 Å². The molecular formula is C96H170N4Na2O35. The molecule has 0 bridgehead atoms. The number of ether oxygens (including phenoxy) is 11. The van der Waals surface area contributed by atoms with E-state index in [2.05, 4.69) is 42.0 Å². The van der Waals surface area contributed by atoms with Gasteiger partial charge in [-0.3, -0.25) is 24.0 Å². The van der Waals surface area contributed by atoms with Gasteiger partial charge >= 0.3 is 65.1 Å². The number of rotatable bonds is 73. The van der Waals surface area contributed by atoms with Gasteiger partial charge in [-0.25, -0.2) is 0 Å². The van der Waals surface area contributed by atoms with Crippen molar-refractivity contribution >= 4 is 41.5 Å². The molecular weight excluding hydrogens is 1820 g/mol. The van der Waals surface area contributed by atoms with Crippen molar-refractivity contribution < 1.29 is 232 Å². The molecule has 39 nitrogen and oxygen atoms in total. The molecule has 5 saturated heterocycles. The van der Waals surface area contributed by atoms with Crippen molar-refractivity contribution in [2.24, 2.45) is 0 Å². The number of carbonyl (C=O) groups is 7. The summed E-state index contributed by atoms with van der Waals surface area (Å²) in [4.78, 5) is 94.2. The van der Waals surface area contributed by atoms with Gasteiger partial charge in [0, 0.05) is 46.5 Å². The Morgan fingerprint density at radius 2 is 0.810 bits per heavy atom. The van der Waals surface area contributed by atoms with E-state index in [0.29, 0.717) is 19.3 Å². The molecule has 0 aromatic rings. The van der Waals surface area contributed by atoms with E-state index < -0.39 is 271 Å². The van der Waals surface area contributed by atoms with E-state index in [-0.39, 0.29) is 72.0 Å². The van der Waals surface area contributed by atoms with Gasteiger partial charge in [0.15, 0.2) is 18.9 Å². The van der Waals surface area contributed by atoms with Gasteiger partial charge in [-0.15, -0.1) is 0 Å². The fourth-order valence-electron chi connectivity index (χ4n) is 18.4. The molecule has 5 fully saturated rings. The zero-order chi connectivity index (χ0) is 99.4. The molecule has 5 aliphatic rings. The van der Waals surface area contributed by atoms with Crippen LogP contribution in [0.25, 0.3) is 0 Å². The summed E-state index contributed by atoms with van der Waals surface area (Å²) in [6, 6.07) is -6.95. The summed E-state index contributed by atoms with van der Waals surface area (Å²) in [6.45, 7) is 2.55. The number of aliphatic hydroxyl groups excluding tert-OH is 15. The number of amides is 4. The van der Waals surface area contributed by atoms with Gasteiger partial charge < -0.3 is 170 Å². The van der Waals surface area contributed by atoms with Gasteiger partial charge in [-0.2, -0.15) is 0 Å². The number of carboxylic acids is 2. The molecule has 5 rings (SSSR count). The van der Waals surface area contributed by atoms with E-state index in [1.165, 1.54) is 154 Å². The smallest absolute Gasteiger partial charge is 0.544 e. The Kier molecular flexibility index (Phi) is 66.9. The van der Waals surface area contributed by atoms with Gasteiger partial charge in [-0.1, -0.05) is 271 Å². The first-order valence-corrected chi connectivity index (χ1v) is 50.6. The first-order valence-electron chi connectivity index (χ1n) is 50.6. The maximum atomic E-state index is 14.3. The molecule has 5 aliphatic heterocycles. The molecule has 41 heteroatoms. The Bertz CT molecular complexity index is 3300. The van der Waals surface area contributed by atoms with Crippen molar-refractivity contribution in [3.63, 3.8) is 0 Å². The monoisotopic (exact) mass is 1990 g/mol. The number of hydrogen-bond acceptors (Lipinski definition) is 35. The van der Waals surface area contributed by atoms with Crippen molar-refractivity contribution in [1.29, 1.82) is 0 Å². The van der Waals surface area contributed by atoms with Gasteiger partial charge in [-0.05, 0) is 31.8 Å².